The largest absolute Gasteiger partial charge is 0.417 e. The minimum Gasteiger partial charge on any atom is -0.397 e. The average Bonchev–Trinajstić information content (AvgIpc) is 2.56. The van der Waals surface area contributed by atoms with Gasteiger partial charge < -0.3 is 22.6 Å². The van der Waals surface area contributed by atoms with Crippen LogP contribution in [0.25, 0.3) is 0 Å². The Labute approximate surface area is 151 Å². The molecule has 0 fully saturated rings. The number of amides is 1. The van der Waals surface area contributed by atoms with Crippen LogP contribution in [-0.4, -0.2) is 11.7 Å². The van der Waals surface area contributed by atoms with Crippen LogP contribution in [0.5, 0.6) is 0 Å². The van der Waals surface area contributed by atoms with Crippen LogP contribution in [-0.2, 0) is 12.7 Å². The second-order valence-corrected chi connectivity index (χ2v) is 5.68. The summed E-state index contributed by atoms with van der Waals surface area (Å²) in [5.74, 6) is 4.70. The molecule has 0 saturated heterocycles. The molecule has 26 heavy (non-hydrogen) atoms. The number of nitrogens with one attached hydrogen (secondary N) is 1. The second kappa shape index (κ2) is 7.52. The number of para-hydroxylation sites is 1. The molecular weight excluding hydrogens is 371 g/mol. The number of halogens is 4. The molecule has 0 atom stereocenters. The van der Waals surface area contributed by atoms with Gasteiger partial charge in [0.1, 0.15) is 0 Å². The first-order valence-corrected chi connectivity index (χ1v) is 7.59. The van der Waals surface area contributed by atoms with E-state index in [2.05, 4.69) is 10.4 Å². The minimum absolute atomic E-state index is 0.0312. The quantitative estimate of drug-likeness (QED) is 0.212. The number of primary amides is 1. The molecule has 10 heteroatoms. The third kappa shape index (κ3) is 4.17. The van der Waals surface area contributed by atoms with Crippen molar-refractivity contribution in [2.45, 2.75) is 12.7 Å². The maximum atomic E-state index is 12.9. The Morgan fingerprint density at radius 2 is 1.85 bits per heavy atom. The van der Waals surface area contributed by atoms with Crippen LogP contribution in [0.4, 0.5) is 18.9 Å². The molecule has 0 radical (unpaired) electrons. The van der Waals surface area contributed by atoms with Crippen LogP contribution in [0, 0.1) is 0 Å². The molecule has 0 aromatic heterocycles. The Hall–Kier alpha value is -2.94. The van der Waals surface area contributed by atoms with Gasteiger partial charge in [0.2, 0.25) is 0 Å². The average molecular weight is 386 g/mol. The Morgan fingerprint density at radius 3 is 2.42 bits per heavy atom. The predicted octanol–water partition coefficient (Wildman–Crippen LogP) is 2.45. The summed E-state index contributed by atoms with van der Waals surface area (Å²) in [4.78, 5) is 11.4. The zero-order valence-electron chi connectivity index (χ0n) is 13.3. The maximum absolute atomic E-state index is 12.9. The fraction of sp³-hybridized carbons (Fsp3) is 0.125. The number of nitrogen functional groups attached to an aromatic ring is 1. The van der Waals surface area contributed by atoms with E-state index in [0.717, 1.165) is 12.1 Å². The van der Waals surface area contributed by atoms with Crippen LogP contribution in [0.2, 0.25) is 5.02 Å². The number of hydrogen-bond donors (Lipinski definition) is 4. The van der Waals surface area contributed by atoms with Gasteiger partial charge in [-0.25, -0.2) is 0 Å². The normalized spacial score (nSPS) is 12.1. The number of alkyl halides is 3. The van der Waals surface area contributed by atoms with E-state index in [0.29, 0.717) is 11.1 Å². The standard InChI is InChI=1S/C16H15ClF3N5O/c17-12-5-4-8(6-11(12)16(18,19)20)7-24-15(25-23)10-3-1-2-9(13(10)21)14(22)26/h1-6H,7,21,23H2,(H2,22,26)(H,24,25). The molecule has 2 aromatic rings. The van der Waals surface area contributed by atoms with E-state index in [-0.39, 0.29) is 23.6 Å². The first-order chi connectivity index (χ1) is 12.1. The van der Waals surface area contributed by atoms with Gasteiger partial charge in [-0.05, 0) is 29.8 Å². The lowest BCUT2D eigenvalue weighted by Gasteiger charge is -2.14. The molecule has 6 nitrogen and oxygen atoms in total. The molecule has 0 aliphatic heterocycles. The van der Waals surface area contributed by atoms with Crippen molar-refractivity contribution in [3.63, 3.8) is 0 Å². The van der Waals surface area contributed by atoms with Crippen molar-refractivity contribution >= 4 is 29.0 Å². The predicted molar refractivity (Wildman–Crippen MR) is 93.4 cm³/mol. The molecule has 0 bridgehead atoms. The topological polar surface area (TPSA) is 120 Å². The molecule has 0 unspecified atom stereocenters. The summed E-state index contributed by atoms with van der Waals surface area (Å²) in [5, 5.41) is 5.94. The van der Waals surface area contributed by atoms with Crippen molar-refractivity contribution in [2.24, 2.45) is 16.7 Å². The first-order valence-electron chi connectivity index (χ1n) is 7.21. The van der Waals surface area contributed by atoms with E-state index in [9.17, 15) is 18.0 Å². The number of carbonyl (C=O) groups is 1. The lowest BCUT2D eigenvalue weighted by Crippen LogP contribution is -2.27. The number of hydrogen-bond acceptors (Lipinski definition) is 4. The van der Waals surface area contributed by atoms with Crippen molar-refractivity contribution in [3.05, 3.63) is 63.7 Å². The SMILES string of the molecule is N/N=C(/NCc1ccc(Cl)c(C(F)(F)F)c1)c1cccc(C(N)=O)c1N. The van der Waals surface area contributed by atoms with E-state index in [1.54, 1.807) is 6.07 Å². The van der Waals surface area contributed by atoms with Crippen LogP contribution in [0.1, 0.15) is 27.0 Å². The highest BCUT2D eigenvalue weighted by atomic mass is 35.5. The summed E-state index contributed by atoms with van der Waals surface area (Å²) in [6.45, 7) is -0.0312. The van der Waals surface area contributed by atoms with Crippen molar-refractivity contribution < 1.29 is 18.0 Å². The highest BCUT2D eigenvalue weighted by Crippen LogP contribution is 2.35. The molecule has 2 rings (SSSR count). The number of anilines is 1. The van der Waals surface area contributed by atoms with E-state index in [1.165, 1.54) is 18.2 Å². The number of amidine groups is 1. The van der Waals surface area contributed by atoms with Gasteiger partial charge in [-0.15, -0.1) is 0 Å². The molecule has 0 heterocycles. The Morgan fingerprint density at radius 1 is 1.19 bits per heavy atom. The molecule has 0 spiro atoms. The van der Waals surface area contributed by atoms with E-state index < -0.39 is 22.7 Å². The first kappa shape index (κ1) is 19.4. The minimum atomic E-state index is -4.57. The number of nitrogens with two attached hydrogens (primary N) is 3. The van der Waals surface area contributed by atoms with Gasteiger partial charge in [-0.1, -0.05) is 23.7 Å². The molecule has 2 aromatic carbocycles. The molecule has 0 aliphatic carbocycles. The van der Waals surface area contributed by atoms with E-state index in [4.69, 9.17) is 28.9 Å². The van der Waals surface area contributed by atoms with Crippen molar-refractivity contribution in [1.29, 1.82) is 0 Å². The number of nitrogens with zero attached hydrogens (tertiary/aromatic N) is 1. The molecule has 1 amide bonds. The Bertz CT molecular complexity index is 867. The number of rotatable bonds is 4. The van der Waals surface area contributed by atoms with Crippen LogP contribution < -0.4 is 22.6 Å². The van der Waals surface area contributed by atoms with Crippen molar-refractivity contribution in [3.8, 4) is 0 Å². The van der Waals surface area contributed by atoms with Gasteiger partial charge in [0.15, 0.2) is 5.84 Å². The second-order valence-electron chi connectivity index (χ2n) is 5.27. The smallest absolute Gasteiger partial charge is 0.397 e. The molecular formula is C16H15ClF3N5O. The third-order valence-electron chi connectivity index (χ3n) is 3.55. The summed E-state index contributed by atoms with van der Waals surface area (Å²) in [5.41, 5.74) is 10.9. The molecule has 138 valence electrons. The Balaban J connectivity index is 2.26. The van der Waals surface area contributed by atoms with Gasteiger partial charge in [-0.2, -0.15) is 18.3 Å². The molecule has 0 aliphatic rings. The van der Waals surface area contributed by atoms with E-state index >= 15 is 0 Å². The summed E-state index contributed by atoms with van der Waals surface area (Å²) < 4.78 is 38.8. The van der Waals surface area contributed by atoms with Gasteiger partial charge in [0.25, 0.3) is 5.91 Å². The van der Waals surface area contributed by atoms with Crippen molar-refractivity contribution in [1.82, 2.24) is 5.32 Å². The number of carbonyl (C=O) groups excluding carboxylic acids is 1. The molecule has 0 saturated carbocycles. The van der Waals surface area contributed by atoms with Gasteiger partial charge in [0.05, 0.1) is 21.8 Å². The van der Waals surface area contributed by atoms with Crippen LogP contribution in [0.15, 0.2) is 41.5 Å². The lowest BCUT2D eigenvalue weighted by molar-refractivity contribution is -0.137. The Kier molecular flexibility index (Phi) is 5.61. The number of hydrazone groups is 1. The fourth-order valence-corrected chi connectivity index (χ4v) is 2.51. The number of benzene rings is 2. The fourth-order valence-electron chi connectivity index (χ4n) is 2.28. The van der Waals surface area contributed by atoms with Gasteiger partial charge >= 0.3 is 6.18 Å². The third-order valence-corrected chi connectivity index (χ3v) is 3.88. The summed E-state index contributed by atoms with van der Waals surface area (Å²) >= 11 is 5.59. The molecule has 7 N–H and O–H groups in total. The zero-order valence-corrected chi connectivity index (χ0v) is 14.0. The van der Waals surface area contributed by atoms with Crippen LogP contribution in [0.3, 0.4) is 0 Å². The van der Waals surface area contributed by atoms with E-state index in [1.807, 2.05) is 0 Å². The zero-order chi connectivity index (χ0) is 19.5. The van der Waals surface area contributed by atoms with Crippen molar-refractivity contribution in [2.75, 3.05) is 5.73 Å². The summed E-state index contributed by atoms with van der Waals surface area (Å²) in [7, 11) is 0. The highest BCUT2D eigenvalue weighted by Gasteiger charge is 2.33. The monoisotopic (exact) mass is 385 g/mol. The highest BCUT2D eigenvalue weighted by molar-refractivity contribution is 6.31. The lowest BCUT2D eigenvalue weighted by atomic mass is 10.1. The summed E-state index contributed by atoms with van der Waals surface area (Å²) in [6.07, 6.45) is -4.57. The summed E-state index contributed by atoms with van der Waals surface area (Å²) in [6, 6.07) is 8.02. The maximum Gasteiger partial charge on any atom is 0.417 e. The van der Waals surface area contributed by atoms with Gasteiger partial charge in [0, 0.05) is 12.1 Å². The van der Waals surface area contributed by atoms with Crippen LogP contribution >= 0.6 is 11.6 Å². The van der Waals surface area contributed by atoms with Gasteiger partial charge in [-0.3, -0.25) is 4.79 Å².